The minimum atomic E-state index is 0.755. The number of rotatable bonds is 3. The van der Waals surface area contributed by atoms with Gasteiger partial charge < -0.3 is 5.32 Å². The Morgan fingerprint density at radius 2 is 2.42 bits per heavy atom. The van der Waals surface area contributed by atoms with Crippen LogP contribution in [0.1, 0.15) is 18.2 Å². The summed E-state index contributed by atoms with van der Waals surface area (Å²) in [5.74, 6) is 0.875. The van der Waals surface area contributed by atoms with E-state index in [-0.39, 0.29) is 0 Å². The van der Waals surface area contributed by atoms with E-state index in [1.54, 1.807) is 11.3 Å². The monoisotopic (exact) mass is 201 g/mol. The minimum Gasteiger partial charge on any atom is -0.309 e. The van der Waals surface area contributed by atoms with Crippen molar-refractivity contribution in [1.82, 2.24) is 5.32 Å². The smallest absolute Gasteiger partial charge is 0.0931 e. The Bertz CT molecular complexity index is 271. The van der Waals surface area contributed by atoms with Gasteiger partial charge in [0.2, 0.25) is 0 Å². The summed E-state index contributed by atoms with van der Waals surface area (Å²) < 4.78 is 0.885. The van der Waals surface area contributed by atoms with E-state index in [9.17, 15) is 0 Å². The van der Waals surface area contributed by atoms with E-state index in [0.29, 0.717) is 0 Å². The van der Waals surface area contributed by atoms with Gasteiger partial charge in [-0.2, -0.15) is 0 Å². The quantitative estimate of drug-likeness (QED) is 0.793. The van der Waals surface area contributed by atoms with Crippen molar-refractivity contribution >= 4 is 22.9 Å². The predicted octanol–water partition coefficient (Wildman–Crippen LogP) is 2.90. The van der Waals surface area contributed by atoms with Crippen molar-refractivity contribution in [2.75, 3.05) is 0 Å². The second-order valence-corrected chi connectivity index (χ2v) is 5.21. The van der Waals surface area contributed by atoms with Gasteiger partial charge in [-0.25, -0.2) is 0 Å². The molecule has 0 amide bonds. The van der Waals surface area contributed by atoms with Gasteiger partial charge in [0.05, 0.1) is 4.34 Å². The largest absolute Gasteiger partial charge is 0.309 e. The molecule has 1 aromatic rings. The number of thiophene rings is 1. The van der Waals surface area contributed by atoms with Crippen molar-refractivity contribution in [1.29, 1.82) is 0 Å². The predicted molar refractivity (Wildman–Crippen MR) is 53.7 cm³/mol. The lowest BCUT2D eigenvalue weighted by molar-refractivity contribution is 0.658. The zero-order valence-electron chi connectivity index (χ0n) is 7.01. The first-order chi connectivity index (χ1) is 5.75. The van der Waals surface area contributed by atoms with Crippen molar-refractivity contribution in [3.05, 3.63) is 21.3 Å². The molecule has 2 atom stereocenters. The molecule has 1 aliphatic carbocycles. The second-order valence-electron chi connectivity index (χ2n) is 3.41. The molecule has 1 saturated carbocycles. The molecule has 0 aromatic carbocycles. The Balaban J connectivity index is 1.80. The number of hydrogen-bond acceptors (Lipinski definition) is 2. The Morgan fingerprint density at radius 1 is 1.67 bits per heavy atom. The summed E-state index contributed by atoms with van der Waals surface area (Å²) in [6.45, 7) is 3.26. The zero-order chi connectivity index (χ0) is 8.55. The highest BCUT2D eigenvalue weighted by atomic mass is 35.5. The number of hydrogen-bond donors (Lipinski definition) is 1. The first kappa shape index (κ1) is 8.54. The Labute approximate surface area is 81.7 Å². The first-order valence-corrected chi connectivity index (χ1v) is 5.43. The zero-order valence-corrected chi connectivity index (χ0v) is 8.58. The van der Waals surface area contributed by atoms with Crippen LogP contribution in [0.4, 0.5) is 0 Å². The van der Waals surface area contributed by atoms with Gasteiger partial charge in [0.25, 0.3) is 0 Å². The lowest BCUT2D eigenvalue weighted by Crippen LogP contribution is -2.16. The van der Waals surface area contributed by atoms with Crippen LogP contribution in [-0.2, 0) is 6.54 Å². The molecular weight excluding hydrogens is 190 g/mol. The highest BCUT2D eigenvalue weighted by molar-refractivity contribution is 7.16. The van der Waals surface area contributed by atoms with Crippen LogP contribution in [0.15, 0.2) is 12.1 Å². The minimum absolute atomic E-state index is 0.755. The Morgan fingerprint density at radius 3 is 2.92 bits per heavy atom. The van der Waals surface area contributed by atoms with Gasteiger partial charge in [-0.1, -0.05) is 18.5 Å². The fourth-order valence-corrected chi connectivity index (χ4v) is 2.32. The fraction of sp³-hybridized carbons (Fsp3) is 0.556. The highest BCUT2D eigenvalue weighted by Crippen LogP contribution is 2.30. The maximum absolute atomic E-state index is 5.81. The van der Waals surface area contributed by atoms with Crippen LogP contribution in [0.3, 0.4) is 0 Å². The molecule has 1 nitrogen and oxygen atoms in total. The Kier molecular flexibility index (Phi) is 2.40. The van der Waals surface area contributed by atoms with Crippen LogP contribution in [0.25, 0.3) is 0 Å². The molecule has 3 heteroatoms. The number of nitrogens with one attached hydrogen (secondary N) is 1. The third-order valence-corrected chi connectivity index (χ3v) is 3.51. The van der Waals surface area contributed by atoms with E-state index < -0.39 is 0 Å². The summed E-state index contributed by atoms with van der Waals surface area (Å²) >= 11 is 7.47. The molecule has 0 bridgehead atoms. The average Bonchev–Trinajstić information content (AvgIpc) is 2.56. The highest BCUT2D eigenvalue weighted by Gasteiger charge is 2.31. The van der Waals surface area contributed by atoms with Crippen molar-refractivity contribution in [2.24, 2.45) is 5.92 Å². The molecule has 12 heavy (non-hydrogen) atoms. The van der Waals surface area contributed by atoms with Crippen LogP contribution in [-0.4, -0.2) is 6.04 Å². The van der Waals surface area contributed by atoms with E-state index in [1.165, 1.54) is 11.3 Å². The molecule has 1 fully saturated rings. The molecule has 2 unspecified atom stereocenters. The molecule has 0 aliphatic heterocycles. The van der Waals surface area contributed by atoms with Crippen LogP contribution < -0.4 is 5.32 Å². The fourth-order valence-electron chi connectivity index (χ4n) is 1.28. The van der Waals surface area contributed by atoms with Crippen LogP contribution in [0, 0.1) is 5.92 Å². The van der Waals surface area contributed by atoms with Gasteiger partial charge in [0.1, 0.15) is 0 Å². The van der Waals surface area contributed by atoms with Crippen molar-refractivity contribution in [2.45, 2.75) is 25.9 Å². The molecule has 0 spiro atoms. The maximum atomic E-state index is 5.81. The van der Waals surface area contributed by atoms with E-state index in [1.807, 2.05) is 6.07 Å². The Hall–Kier alpha value is -0.0500. The molecule has 1 aliphatic rings. The molecule has 0 saturated heterocycles. The van der Waals surface area contributed by atoms with Gasteiger partial charge in [0.15, 0.2) is 0 Å². The van der Waals surface area contributed by atoms with E-state index >= 15 is 0 Å². The summed E-state index contributed by atoms with van der Waals surface area (Å²) in [5, 5.41) is 3.49. The lowest BCUT2D eigenvalue weighted by Gasteiger charge is -1.98. The topological polar surface area (TPSA) is 12.0 Å². The molecule has 1 aromatic heterocycles. The van der Waals surface area contributed by atoms with Gasteiger partial charge in [0, 0.05) is 17.5 Å². The van der Waals surface area contributed by atoms with E-state index in [2.05, 4.69) is 18.3 Å². The molecular formula is C9H12ClNS. The third kappa shape index (κ3) is 2.00. The summed E-state index contributed by atoms with van der Waals surface area (Å²) in [6, 6.07) is 4.80. The molecule has 66 valence electrons. The van der Waals surface area contributed by atoms with Crippen molar-refractivity contribution in [3.63, 3.8) is 0 Å². The maximum Gasteiger partial charge on any atom is 0.0931 e. The van der Waals surface area contributed by atoms with Crippen LogP contribution in [0.5, 0.6) is 0 Å². The van der Waals surface area contributed by atoms with Gasteiger partial charge in [-0.15, -0.1) is 11.3 Å². The number of halogens is 1. The van der Waals surface area contributed by atoms with Crippen molar-refractivity contribution < 1.29 is 0 Å². The standard InChI is InChI=1S/C9H12ClNS/c1-6-4-8(6)11-5-7-2-3-9(10)12-7/h2-3,6,8,11H,4-5H2,1H3. The van der Waals surface area contributed by atoms with Crippen LogP contribution >= 0.6 is 22.9 Å². The SMILES string of the molecule is CC1CC1NCc1ccc(Cl)s1. The normalized spacial score (nSPS) is 27.5. The first-order valence-electron chi connectivity index (χ1n) is 4.23. The van der Waals surface area contributed by atoms with Gasteiger partial charge >= 0.3 is 0 Å². The third-order valence-electron chi connectivity index (χ3n) is 2.28. The second kappa shape index (κ2) is 3.36. The van der Waals surface area contributed by atoms with Crippen LogP contribution in [0.2, 0.25) is 4.34 Å². The van der Waals surface area contributed by atoms with Gasteiger partial charge in [-0.05, 0) is 24.5 Å². The molecule has 0 radical (unpaired) electrons. The lowest BCUT2D eigenvalue weighted by atomic mass is 10.4. The van der Waals surface area contributed by atoms with Crippen molar-refractivity contribution in [3.8, 4) is 0 Å². The summed E-state index contributed by atoms with van der Waals surface area (Å²) in [5.41, 5.74) is 0. The molecule has 1 N–H and O–H groups in total. The van der Waals surface area contributed by atoms with E-state index in [4.69, 9.17) is 11.6 Å². The van der Waals surface area contributed by atoms with E-state index in [0.717, 1.165) is 22.8 Å². The molecule has 2 rings (SSSR count). The van der Waals surface area contributed by atoms with Gasteiger partial charge in [-0.3, -0.25) is 0 Å². The average molecular weight is 202 g/mol. The molecule has 1 heterocycles. The summed E-state index contributed by atoms with van der Waals surface area (Å²) in [4.78, 5) is 1.33. The summed E-state index contributed by atoms with van der Waals surface area (Å²) in [6.07, 6.45) is 1.33. The summed E-state index contributed by atoms with van der Waals surface area (Å²) in [7, 11) is 0.